The Morgan fingerprint density at radius 1 is 1.32 bits per heavy atom. The summed E-state index contributed by atoms with van der Waals surface area (Å²) in [6.07, 6.45) is 7.85. The molecule has 0 spiro atoms. The van der Waals surface area contributed by atoms with Gasteiger partial charge in [-0.05, 0) is 50.4 Å². The molecule has 0 N–H and O–H groups in total. The average molecular weight is 259 g/mol. The molecule has 3 heterocycles. The van der Waals surface area contributed by atoms with E-state index >= 15 is 0 Å². The molecule has 0 aliphatic carbocycles. The van der Waals surface area contributed by atoms with Gasteiger partial charge in [0.15, 0.2) is 0 Å². The molecule has 3 nitrogen and oxygen atoms in total. The molecule has 19 heavy (non-hydrogen) atoms. The lowest BCUT2D eigenvalue weighted by Crippen LogP contribution is -2.56. The minimum Gasteiger partial charge on any atom is -0.298 e. The van der Waals surface area contributed by atoms with Crippen LogP contribution < -0.4 is 0 Å². The van der Waals surface area contributed by atoms with Gasteiger partial charge in [0, 0.05) is 43.6 Å². The van der Waals surface area contributed by atoms with E-state index in [1.54, 1.807) is 0 Å². The highest BCUT2D eigenvalue weighted by molar-refractivity contribution is 5.15. The fraction of sp³-hybridized carbons (Fsp3) is 0.688. The van der Waals surface area contributed by atoms with E-state index in [9.17, 15) is 0 Å². The van der Waals surface area contributed by atoms with Gasteiger partial charge in [0.2, 0.25) is 0 Å². The molecule has 0 amide bonds. The van der Waals surface area contributed by atoms with Crippen LogP contribution >= 0.6 is 0 Å². The van der Waals surface area contributed by atoms with Crippen molar-refractivity contribution in [1.82, 2.24) is 14.8 Å². The molecule has 2 aliphatic heterocycles. The summed E-state index contributed by atoms with van der Waals surface area (Å²) in [5, 5.41) is 0. The van der Waals surface area contributed by atoms with E-state index < -0.39 is 0 Å². The molecule has 0 saturated carbocycles. The second-order valence-corrected chi connectivity index (χ2v) is 6.01. The van der Waals surface area contributed by atoms with Crippen molar-refractivity contribution in [3.63, 3.8) is 0 Å². The van der Waals surface area contributed by atoms with Crippen LogP contribution in [-0.2, 0) is 0 Å². The second kappa shape index (κ2) is 5.59. The lowest BCUT2D eigenvalue weighted by Gasteiger charge is -2.46. The monoisotopic (exact) mass is 259 g/mol. The van der Waals surface area contributed by atoms with Crippen molar-refractivity contribution in [3.8, 4) is 0 Å². The molecule has 0 radical (unpaired) electrons. The summed E-state index contributed by atoms with van der Waals surface area (Å²) < 4.78 is 0. The standard InChI is InChI=1S/C16H25N3/c1-3-15-11-18-10-4-5-16(18)12-19(15)13(2)14-6-8-17-9-7-14/h6-9,13,15-16H,3-5,10-12H2,1-2H3. The Morgan fingerprint density at radius 3 is 2.84 bits per heavy atom. The largest absolute Gasteiger partial charge is 0.298 e. The number of rotatable bonds is 3. The van der Waals surface area contributed by atoms with Crippen molar-refractivity contribution in [2.45, 2.75) is 51.2 Å². The van der Waals surface area contributed by atoms with Crippen LogP contribution in [-0.4, -0.2) is 46.5 Å². The zero-order chi connectivity index (χ0) is 13.2. The van der Waals surface area contributed by atoms with Crippen LogP contribution in [0.5, 0.6) is 0 Å². The van der Waals surface area contributed by atoms with E-state index in [-0.39, 0.29) is 0 Å². The number of fused-ring (bicyclic) bond motifs is 1. The summed E-state index contributed by atoms with van der Waals surface area (Å²) in [6.45, 7) is 8.49. The first-order valence-corrected chi connectivity index (χ1v) is 7.69. The molecule has 0 aromatic carbocycles. The quantitative estimate of drug-likeness (QED) is 0.832. The van der Waals surface area contributed by atoms with Crippen LogP contribution in [0, 0.1) is 0 Å². The molecule has 2 saturated heterocycles. The fourth-order valence-corrected chi connectivity index (χ4v) is 3.78. The fourth-order valence-electron chi connectivity index (χ4n) is 3.78. The van der Waals surface area contributed by atoms with Crippen molar-refractivity contribution >= 4 is 0 Å². The van der Waals surface area contributed by atoms with Crippen LogP contribution in [0.1, 0.15) is 44.7 Å². The molecule has 3 heteroatoms. The maximum atomic E-state index is 4.14. The van der Waals surface area contributed by atoms with Gasteiger partial charge in [-0.25, -0.2) is 0 Å². The zero-order valence-corrected chi connectivity index (χ0v) is 12.1. The molecule has 0 bridgehead atoms. The Labute approximate surface area is 116 Å². The molecule has 3 unspecified atom stereocenters. The van der Waals surface area contributed by atoms with Gasteiger partial charge in [-0.3, -0.25) is 14.8 Å². The summed E-state index contributed by atoms with van der Waals surface area (Å²) in [5.74, 6) is 0. The van der Waals surface area contributed by atoms with Gasteiger partial charge in [-0.2, -0.15) is 0 Å². The second-order valence-electron chi connectivity index (χ2n) is 6.01. The molecule has 1 aromatic rings. The highest BCUT2D eigenvalue weighted by atomic mass is 15.3. The van der Waals surface area contributed by atoms with Crippen molar-refractivity contribution in [2.75, 3.05) is 19.6 Å². The molecule has 3 atom stereocenters. The summed E-state index contributed by atoms with van der Waals surface area (Å²) in [4.78, 5) is 9.57. The molecular weight excluding hydrogens is 234 g/mol. The summed E-state index contributed by atoms with van der Waals surface area (Å²) >= 11 is 0. The normalized spacial score (nSPS) is 30.2. The summed E-state index contributed by atoms with van der Waals surface area (Å²) in [7, 11) is 0. The highest BCUT2D eigenvalue weighted by Crippen LogP contribution is 2.31. The molecule has 104 valence electrons. The van der Waals surface area contributed by atoms with Crippen LogP contribution in [0.4, 0.5) is 0 Å². The van der Waals surface area contributed by atoms with E-state index in [2.05, 4.69) is 40.8 Å². The number of hydrogen-bond acceptors (Lipinski definition) is 3. The van der Waals surface area contributed by atoms with E-state index in [0.717, 1.165) is 6.04 Å². The lowest BCUT2D eigenvalue weighted by molar-refractivity contribution is 0.0227. The number of piperazine rings is 1. The first-order valence-electron chi connectivity index (χ1n) is 7.69. The third-order valence-corrected chi connectivity index (χ3v) is 4.99. The van der Waals surface area contributed by atoms with Gasteiger partial charge in [-0.1, -0.05) is 6.92 Å². The topological polar surface area (TPSA) is 19.4 Å². The van der Waals surface area contributed by atoms with Crippen molar-refractivity contribution < 1.29 is 0 Å². The minimum absolute atomic E-state index is 0.510. The Bertz CT molecular complexity index is 406. The molecular formula is C16H25N3. The lowest BCUT2D eigenvalue weighted by atomic mass is 9.99. The zero-order valence-electron chi connectivity index (χ0n) is 12.1. The van der Waals surface area contributed by atoms with Gasteiger partial charge < -0.3 is 0 Å². The molecule has 2 fully saturated rings. The SMILES string of the molecule is CCC1CN2CCCC2CN1C(C)c1ccncc1. The Balaban J connectivity index is 1.78. The number of aromatic nitrogens is 1. The van der Waals surface area contributed by atoms with E-state index in [1.807, 2.05) is 12.4 Å². The number of nitrogens with zero attached hydrogens (tertiary/aromatic N) is 3. The minimum atomic E-state index is 0.510. The first kappa shape index (κ1) is 13.1. The van der Waals surface area contributed by atoms with Gasteiger partial charge in [-0.15, -0.1) is 0 Å². The first-order chi connectivity index (χ1) is 9.29. The van der Waals surface area contributed by atoms with Gasteiger partial charge in [0.05, 0.1) is 0 Å². The molecule has 3 rings (SSSR count). The maximum absolute atomic E-state index is 4.14. The maximum Gasteiger partial charge on any atom is 0.0325 e. The highest BCUT2D eigenvalue weighted by Gasteiger charge is 2.37. The van der Waals surface area contributed by atoms with Crippen LogP contribution in [0.25, 0.3) is 0 Å². The Morgan fingerprint density at radius 2 is 2.11 bits per heavy atom. The number of hydrogen-bond donors (Lipinski definition) is 0. The smallest absolute Gasteiger partial charge is 0.0325 e. The van der Waals surface area contributed by atoms with Gasteiger partial charge in [0.25, 0.3) is 0 Å². The third-order valence-electron chi connectivity index (χ3n) is 4.99. The Hall–Kier alpha value is -0.930. The van der Waals surface area contributed by atoms with E-state index in [0.29, 0.717) is 12.1 Å². The van der Waals surface area contributed by atoms with Crippen LogP contribution in [0.3, 0.4) is 0 Å². The van der Waals surface area contributed by atoms with Crippen LogP contribution in [0.15, 0.2) is 24.5 Å². The van der Waals surface area contributed by atoms with Crippen LogP contribution in [0.2, 0.25) is 0 Å². The van der Waals surface area contributed by atoms with Gasteiger partial charge >= 0.3 is 0 Å². The average Bonchev–Trinajstić information content (AvgIpc) is 2.93. The predicted octanol–water partition coefficient (Wildman–Crippen LogP) is 2.70. The summed E-state index contributed by atoms with van der Waals surface area (Å²) in [5.41, 5.74) is 1.40. The number of pyridine rings is 1. The summed E-state index contributed by atoms with van der Waals surface area (Å²) in [6, 6.07) is 6.34. The van der Waals surface area contributed by atoms with E-state index in [4.69, 9.17) is 0 Å². The van der Waals surface area contributed by atoms with E-state index in [1.165, 1.54) is 44.5 Å². The third kappa shape index (κ3) is 2.54. The van der Waals surface area contributed by atoms with Crippen molar-refractivity contribution in [3.05, 3.63) is 30.1 Å². The Kier molecular flexibility index (Phi) is 3.85. The van der Waals surface area contributed by atoms with Gasteiger partial charge in [0.1, 0.15) is 0 Å². The predicted molar refractivity (Wildman–Crippen MR) is 78.0 cm³/mol. The van der Waals surface area contributed by atoms with Crippen molar-refractivity contribution in [1.29, 1.82) is 0 Å². The molecule has 2 aliphatic rings. The molecule has 1 aromatic heterocycles. The van der Waals surface area contributed by atoms with Crippen molar-refractivity contribution in [2.24, 2.45) is 0 Å².